The number of esters is 1. The van der Waals surface area contributed by atoms with Gasteiger partial charge in [-0.25, -0.2) is 9.78 Å². The summed E-state index contributed by atoms with van der Waals surface area (Å²) in [4.78, 5) is 28.9. The van der Waals surface area contributed by atoms with E-state index in [0.717, 1.165) is 21.8 Å². The molecule has 23 heavy (non-hydrogen) atoms. The van der Waals surface area contributed by atoms with Gasteiger partial charge in [0, 0.05) is 10.8 Å². The minimum Gasteiger partial charge on any atom is -0.467 e. The predicted octanol–water partition coefficient (Wildman–Crippen LogP) is 2.68. The van der Waals surface area contributed by atoms with Crippen LogP contribution < -0.4 is 5.32 Å². The number of carbonyl (C=O) groups is 2. The van der Waals surface area contributed by atoms with Crippen LogP contribution in [0, 0.1) is 0 Å². The number of hydrogen-bond acceptors (Lipinski definition) is 4. The third-order valence-corrected chi connectivity index (χ3v) is 3.72. The highest BCUT2D eigenvalue weighted by Crippen LogP contribution is 2.25. The maximum Gasteiger partial charge on any atom is 0.328 e. The normalized spacial score (nSPS) is 12.1. The molecule has 0 unspecified atom stereocenters. The van der Waals surface area contributed by atoms with Gasteiger partial charge in [0.2, 0.25) is 0 Å². The molecule has 116 valence electrons. The molecule has 5 heteroatoms. The molecule has 0 spiro atoms. The zero-order valence-electron chi connectivity index (χ0n) is 12.9. The molecule has 3 rings (SSSR count). The number of nitrogens with one attached hydrogen (secondary N) is 1. The molecule has 1 heterocycles. The molecule has 0 fully saturated rings. The van der Waals surface area contributed by atoms with Crippen LogP contribution in [0.1, 0.15) is 17.3 Å². The van der Waals surface area contributed by atoms with E-state index in [-0.39, 0.29) is 5.91 Å². The number of ether oxygens (including phenoxy) is 1. The molecule has 0 saturated heterocycles. The molecule has 0 aliphatic heterocycles. The molecule has 5 nitrogen and oxygen atoms in total. The van der Waals surface area contributed by atoms with Crippen LogP contribution in [0.3, 0.4) is 0 Å². The predicted molar refractivity (Wildman–Crippen MR) is 88.2 cm³/mol. The molecule has 0 saturated carbocycles. The monoisotopic (exact) mass is 308 g/mol. The number of nitrogens with zero attached hydrogens (tertiary/aromatic N) is 1. The second kappa shape index (κ2) is 6.04. The number of fused-ring (bicyclic) bond motifs is 2. The van der Waals surface area contributed by atoms with Crippen LogP contribution in [-0.2, 0) is 9.53 Å². The lowest BCUT2D eigenvalue weighted by molar-refractivity contribution is -0.142. The van der Waals surface area contributed by atoms with Crippen molar-refractivity contribution in [3.05, 3.63) is 54.1 Å². The van der Waals surface area contributed by atoms with E-state index in [9.17, 15) is 9.59 Å². The zero-order valence-corrected chi connectivity index (χ0v) is 12.9. The summed E-state index contributed by atoms with van der Waals surface area (Å²) in [6, 6.07) is 14.2. The molecule has 0 bridgehead atoms. The molecule has 0 radical (unpaired) electrons. The van der Waals surface area contributed by atoms with Crippen LogP contribution in [0.5, 0.6) is 0 Å². The average molecular weight is 308 g/mol. The summed E-state index contributed by atoms with van der Waals surface area (Å²) in [6.45, 7) is 1.59. The highest BCUT2D eigenvalue weighted by atomic mass is 16.5. The number of methoxy groups -OCH3 is 1. The topological polar surface area (TPSA) is 68.3 Å². The third-order valence-electron chi connectivity index (χ3n) is 3.72. The fourth-order valence-corrected chi connectivity index (χ4v) is 2.59. The number of amides is 1. The SMILES string of the molecule is COC(=O)[C@@H](C)NC(=O)c1c2ccccc2nc2ccccc12. The Morgan fingerprint density at radius 3 is 2.04 bits per heavy atom. The highest BCUT2D eigenvalue weighted by molar-refractivity contribution is 6.16. The Morgan fingerprint density at radius 1 is 1.00 bits per heavy atom. The van der Waals surface area contributed by atoms with E-state index in [2.05, 4.69) is 15.0 Å². The first-order chi connectivity index (χ1) is 11.1. The Bertz CT molecular complexity index is 851. The van der Waals surface area contributed by atoms with Crippen molar-refractivity contribution in [2.75, 3.05) is 7.11 Å². The fourth-order valence-electron chi connectivity index (χ4n) is 2.59. The van der Waals surface area contributed by atoms with E-state index in [4.69, 9.17) is 0 Å². The van der Waals surface area contributed by atoms with E-state index in [1.807, 2.05) is 48.5 Å². The fraction of sp³-hybridized carbons (Fsp3) is 0.167. The first-order valence-electron chi connectivity index (χ1n) is 7.28. The average Bonchev–Trinajstić information content (AvgIpc) is 2.58. The largest absolute Gasteiger partial charge is 0.467 e. The van der Waals surface area contributed by atoms with Gasteiger partial charge in [0.05, 0.1) is 23.7 Å². The van der Waals surface area contributed by atoms with Gasteiger partial charge >= 0.3 is 5.97 Å². The van der Waals surface area contributed by atoms with E-state index in [1.54, 1.807) is 6.92 Å². The lowest BCUT2D eigenvalue weighted by atomic mass is 10.0. The van der Waals surface area contributed by atoms with Gasteiger partial charge in [-0.05, 0) is 19.1 Å². The second-order valence-electron chi connectivity index (χ2n) is 5.24. The maximum atomic E-state index is 12.8. The van der Waals surface area contributed by atoms with Gasteiger partial charge in [-0.1, -0.05) is 36.4 Å². The van der Waals surface area contributed by atoms with Crippen LogP contribution in [0.15, 0.2) is 48.5 Å². The first kappa shape index (κ1) is 15.0. The van der Waals surface area contributed by atoms with Gasteiger partial charge < -0.3 is 10.1 Å². The van der Waals surface area contributed by atoms with Crippen molar-refractivity contribution in [1.29, 1.82) is 0 Å². The second-order valence-corrected chi connectivity index (χ2v) is 5.24. The number of hydrogen-bond donors (Lipinski definition) is 1. The van der Waals surface area contributed by atoms with Crippen LogP contribution in [0.25, 0.3) is 21.8 Å². The Morgan fingerprint density at radius 2 is 1.52 bits per heavy atom. The number of rotatable bonds is 3. The van der Waals surface area contributed by atoms with E-state index in [1.165, 1.54) is 7.11 Å². The zero-order chi connectivity index (χ0) is 16.4. The quantitative estimate of drug-likeness (QED) is 0.596. The number of carbonyl (C=O) groups excluding carboxylic acids is 2. The molecule has 2 aromatic carbocycles. The minimum absolute atomic E-state index is 0.322. The van der Waals surface area contributed by atoms with Crippen LogP contribution in [0.2, 0.25) is 0 Å². The summed E-state index contributed by atoms with van der Waals surface area (Å²) in [7, 11) is 1.29. The Kier molecular flexibility index (Phi) is 3.93. The molecule has 1 N–H and O–H groups in total. The summed E-state index contributed by atoms with van der Waals surface area (Å²) in [5.41, 5.74) is 1.99. The van der Waals surface area contributed by atoms with Crippen molar-refractivity contribution in [2.24, 2.45) is 0 Å². The van der Waals surface area contributed by atoms with Gasteiger partial charge in [-0.15, -0.1) is 0 Å². The Labute approximate surface area is 133 Å². The smallest absolute Gasteiger partial charge is 0.328 e. The molecule has 1 atom stereocenters. The van der Waals surface area contributed by atoms with E-state index in [0.29, 0.717) is 5.56 Å². The standard InChI is InChI=1S/C18H16N2O3/c1-11(18(22)23-2)19-17(21)16-12-7-3-5-9-14(12)20-15-10-6-4-8-13(15)16/h3-11H,1-2H3,(H,19,21)/t11-/m1/s1. The molecule has 0 aliphatic carbocycles. The summed E-state index contributed by atoms with van der Waals surface area (Å²) >= 11 is 0. The van der Waals surface area contributed by atoms with Crippen molar-refractivity contribution in [3.63, 3.8) is 0 Å². The summed E-state index contributed by atoms with van der Waals surface area (Å²) < 4.78 is 4.66. The van der Waals surface area contributed by atoms with Crippen molar-refractivity contribution in [1.82, 2.24) is 10.3 Å². The molecule has 1 amide bonds. The molecule has 1 aromatic heterocycles. The lowest BCUT2D eigenvalue weighted by Crippen LogP contribution is -2.39. The Balaban J connectivity index is 2.17. The summed E-state index contributed by atoms with van der Waals surface area (Å²) in [5, 5.41) is 4.19. The lowest BCUT2D eigenvalue weighted by Gasteiger charge is -2.14. The highest BCUT2D eigenvalue weighted by Gasteiger charge is 2.20. The van der Waals surface area contributed by atoms with Gasteiger partial charge in [-0.2, -0.15) is 0 Å². The molecule has 3 aromatic rings. The molecule has 0 aliphatic rings. The first-order valence-corrected chi connectivity index (χ1v) is 7.28. The molecular formula is C18H16N2O3. The van der Waals surface area contributed by atoms with E-state index >= 15 is 0 Å². The number of aromatic nitrogens is 1. The maximum absolute atomic E-state index is 12.8. The Hall–Kier alpha value is -2.95. The van der Waals surface area contributed by atoms with Crippen molar-refractivity contribution in [3.8, 4) is 0 Å². The summed E-state index contributed by atoms with van der Waals surface area (Å²) in [6.07, 6.45) is 0. The number of benzene rings is 2. The van der Waals surface area contributed by atoms with Crippen LogP contribution >= 0.6 is 0 Å². The molecular weight excluding hydrogens is 292 g/mol. The van der Waals surface area contributed by atoms with Crippen molar-refractivity contribution >= 4 is 33.7 Å². The number of para-hydroxylation sites is 2. The van der Waals surface area contributed by atoms with Crippen molar-refractivity contribution < 1.29 is 14.3 Å². The van der Waals surface area contributed by atoms with Crippen molar-refractivity contribution in [2.45, 2.75) is 13.0 Å². The van der Waals surface area contributed by atoms with Crippen LogP contribution in [0.4, 0.5) is 0 Å². The van der Waals surface area contributed by atoms with Gasteiger partial charge in [0.1, 0.15) is 6.04 Å². The third kappa shape index (κ3) is 2.73. The van der Waals surface area contributed by atoms with Crippen LogP contribution in [-0.4, -0.2) is 30.0 Å². The van der Waals surface area contributed by atoms with E-state index < -0.39 is 12.0 Å². The number of pyridine rings is 1. The van der Waals surface area contributed by atoms with Gasteiger partial charge in [-0.3, -0.25) is 4.79 Å². The minimum atomic E-state index is -0.724. The summed E-state index contributed by atoms with van der Waals surface area (Å²) in [5.74, 6) is -0.807. The van der Waals surface area contributed by atoms with Gasteiger partial charge in [0.25, 0.3) is 5.91 Å². The van der Waals surface area contributed by atoms with Gasteiger partial charge in [0.15, 0.2) is 0 Å².